The first-order valence-electron chi connectivity index (χ1n) is 10.6. The smallest absolute Gasteiger partial charge is 0.256 e. The Labute approximate surface area is 182 Å². The fourth-order valence-corrected chi connectivity index (χ4v) is 6.32. The zero-order valence-electron chi connectivity index (χ0n) is 16.9. The Bertz CT molecular complexity index is 1010. The fraction of sp³-hybridized carbons (Fsp3) is 0.524. The van der Waals surface area contributed by atoms with Gasteiger partial charge in [0.15, 0.2) is 0 Å². The number of carbonyl (C=O) groups is 1. The van der Waals surface area contributed by atoms with E-state index in [0.29, 0.717) is 24.9 Å². The van der Waals surface area contributed by atoms with Crippen molar-refractivity contribution < 1.29 is 13.2 Å². The van der Waals surface area contributed by atoms with Gasteiger partial charge >= 0.3 is 0 Å². The Morgan fingerprint density at radius 1 is 1.03 bits per heavy atom. The summed E-state index contributed by atoms with van der Waals surface area (Å²) in [5, 5.41) is 7.38. The molecule has 1 saturated heterocycles. The molecule has 1 aliphatic heterocycles. The molecular formula is C21H27ClN4O3S. The molecule has 0 atom stereocenters. The summed E-state index contributed by atoms with van der Waals surface area (Å²) in [5.41, 5.74) is 0.256. The first kappa shape index (κ1) is 21.3. The van der Waals surface area contributed by atoms with E-state index in [1.54, 1.807) is 18.3 Å². The van der Waals surface area contributed by atoms with E-state index in [9.17, 15) is 13.2 Å². The van der Waals surface area contributed by atoms with Gasteiger partial charge in [-0.2, -0.15) is 9.40 Å². The second kappa shape index (κ2) is 9.08. The SMILES string of the molecule is O=C(Nc1ccnn1C1CCCC1)c1ccc(Cl)c(S(=O)(=O)N2CCCCCC2)c1. The molecule has 0 radical (unpaired) electrons. The number of aromatic nitrogens is 2. The molecule has 1 aromatic carbocycles. The van der Waals surface area contributed by atoms with Crippen molar-refractivity contribution in [3.8, 4) is 0 Å². The quantitative estimate of drug-likeness (QED) is 0.728. The van der Waals surface area contributed by atoms with Gasteiger partial charge in [0.1, 0.15) is 10.7 Å². The molecule has 2 heterocycles. The molecule has 9 heteroatoms. The second-order valence-electron chi connectivity index (χ2n) is 8.02. The van der Waals surface area contributed by atoms with Crippen LogP contribution in [0.4, 0.5) is 5.82 Å². The Balaban J connectivity index is 1.57. The third-order valence-corrected chi connectivity index (χ3v) is 8.34. The van der Waals surface area contributed by atoms with Gasteiger partial charge in [-0.1, -0.05) is 37.3 Å². The minimum atomic E-state index is -3.75. The van der Waals surface area contributed by atoms with Gasteiger partial charge in [-0.05, 0) is 43.9 Å². The van der Waals surface area contributed by atoms with E-state index >= 15 is 0 Å². The molecule has 1 amide bonds. The van der Waals surface area contributed by atoms with Crippen LogP contribution in [-0.2, 0) is 10.0 Å². The van der Waals surface area contributed by atoms with E-state index in [4.69, 9.17) is 11.6 Å². The van der Waals surface area contributed by atoms with Crippen molar-refractivity contribution in [1.82, 2.24) is 14.1 Å². The van der Waals surface area contributed by atoms with Gasteiger partial charge in [-0.25, -0.2) is 13.1 Å². The lowest BCUT2D eigenvalue weighted by Crippen LogP contribution is -2.32. The number of amides is 1. The molecule has 4 rings (SSSR count). The maximum absolute atomic E-state index is 13.2. The highest BCUT2D eigenvalue weighted by Gasteiger charge is 2.28. The van der Waals surface area contributed by atoms with E-state index in [0.717, 1.165) is 51.4 Å². The van der Waals surface area contributed by atoms with Crippen LogP contribution in [0.2, 0.25) is 5.02 Å². The number of anilines is 1. The van der Waals surface area contributed by atoms with Gasteiger partial charge in [0.05, 0.1) is 17.3 Å². The Hall–Kier alpha value is -1.90. The number of hydrogen-bond acceptors (Lipinski definition) is 4. The average Bonchev–Trinajstić information content (AvgIpc) is 3.33. The van der Waals surface area contributed by atoms with E-state index in [-0.39, 0.29) is 21.4 Å². The van der Waals surface area contributed by atoms with Crippen LogP contribution in [0.5, 0.6) is 0 Å². The van der Waals surface area contributed by atoms with Crippen LogP contribution in [0.3, 0.4) is 0 Å². The van der Waals surface area contributed by atoms with Crippen LogP contribution in [0.25, 0.3) is 0 Å². The number of hydrogen-bond donors (Lipinski definition) is 1. The van der Waals surface area contributed by atoms with Crippen molar-refractivity contribution in [2.75, 3.05) is 18.4 Å². The van der Waals surface area contributed by atoms with Crippen LogP contribution in [-0.4, -0.2) is 41.5 Å². The number of rotatable bonds is 5. The summed E-state index contributed by atoms with van der Waals surface area (Å²) in [6.07, 6.45) is 9.80. The van der Waals surface area contributed by atoms with Crippen LogP contribution in [0.1, 0.15) is 67.8 Å². The summed E-state index contributed by atoms with van der Waals surface area (Å²) in [6.45, 7) is 0.964. The molecular weight excluding hydrogens is 424 g/mol. The Kier molecular flexibility index (Phi) is 6.46. The predicted octanol–water partition coefficient (Wildman–Crippen LogP) is 4.47. The lowest BCUT2D eigenvalue weighted by atomic mass is 10.2. The van der Waals surface area contributed by atoms with Crippen LogP contribution >= 0.6 is 11.6 Å². The van der Waals surface area contributed by atoms with Crippen molar-refractivity contribution in [2.45, 2.75) is 62.3 Å². The largest absolute Gasteiger partial charge is 0.307 e. The van der Waals surface area contributed by atoms with Crippen molar-refractivity contribution in [3.63, 3.8) is 0 Å². The molecule has 0 unspecified atom stereocenters. The molecule has 2 aromatic rings. The molecule has 1 saturated carbocycles. The minimum Gasteiger partial charge on any atom is -0.307 e. The maximum atomic E-state index is 13.2. The summed E-state index contributed by atoms with van der Waals surface area (Å²) in [6, 6.07) is 6.47. The fourth-order valence-electron chi connectivity index (χ4n) is 4.30. The van der Waals surface area contributed by atoms with Crippen molar-refractivity contribution in [1.29, 1.82) is 0 Å². The molecule has 1 aromatic heterocycles. The summed E-state index contributed by atoms with van der Waals surface area (Å²) < 4.78 is 29.7. The highest BCUT2D eigenvalue weighted by Crippen LogP contribution is 2.32. The zero-order valence-corrected chi connectivity index (χ0v) is 18.5. The molecule has 2 fully saturated rings. The molecule has 1 N–H and O–H groups in total. The predicted molar refractivity (Wildman–Crippen MR) is 116 cm³/mol. The lowest BCUT2D eigenvalue weighted by molar-refractivity contribution is 0.102. The monoisotopic (exact) mass is 450 g/mol. The summed E-state index contributed by atoms with van der Waals surface area (Å²) in [7, 11) is -3.75. The van der Waals surface area contributed by atoms with Gasteiger partial charge in [-0.15, -0.1) is 0 Å². The van der Waals surface area contributed by atoms with Gasteiger partial charge < -0.3 is 5.32 Å². The van der Waals surface area contributed by atoms with Gasteiger partial charge in [0.2, 0.25) is 10.0 Å². The van der Waals surface area contributed by atoms with Gasteiger partial charge in [-0.3, -0.25) is 4.79 Å². The topological polar surface area (TPSA) is 84.3 Å². The number of benzene rings is 1. The van der Waals surface area contributed by atoms with E-state index in [1.807, 2.05) is 4.68 Å². The van der Waals surface area contributed by atoms with Crippen LogP contribution in [0.15, 0.2) is 35.4 Å². The number of carbonyl (C=O) groups excluding carboxylic acids is 1. The molecule has 0 spiro atoms. The first-order chi connectivity index (χ1) is 14.5. The Morgan fingerprint density at radius 3 is 2.43 bits per heavy atom. The maximum Gasteiger partial charge on any atom is 0.256 e. The van der Waals surface area contributed by atoms with Crippen molar-refractivity contribution in [3.05, 3.63) is 41.0 Å². The first-order valence-corrected chi connectivity index (χ1v) is 12.4. The highest BCUT2D eigenvalue weighted by atomic mass is 35.5. The summed E-state index contributed by atoms with van der Waals surface area (Å²) >= 11 is 6.25. The van der Waals surface area contributed by atoms with Crippen LogP contribution < -0.4 is 5.32 Å². The zero-order chi connectivity index (χ0) is 21.1. The lowest BCUT2D eigenvalue weighted by Gasteiger charge is -2.21. The number of nitrogens with zero attached hydrogens (tertiary/aromatic N) is 3. The molecule has 7 nitrogen and oxygen atoms in total. The average molecular weight is 451 g/mol. The molecule has 0 bridgehead atoms. The third kappa shape index (κ3) is 4.40. The molecule has 2 aliphatic rings. The summed E-state index contributed by atoms with van der Waals surface area (Å²) in [5.74, 6) is 0.248. The van der Waals surface area contributed by atoms with Gasteiger partial charge in [0.25, 0.3) is 5.91 Å². The second-order valence-corrected chi connectivity index (χ2v) is 10.3. The van der Waals surface area contributed by atoms with E-state index < -0.39 is 10.0 Å². The highest BCUT2D eigenvalue weighted by molar-refractivity contribution is 7.89. The van der Waals surface area contributed by atoms with Crippen molar-refractivity contribution in [2.24, 2.45) is 0 Å². The van der Waals surface area contributed by atoms with Gasteiger partial charge in [0, 0.05) is 24.7 Å². The normalized spacial score (nSPS) is 19.0. The third-order valence-electron chi connectivity index (χ3n) is 5.96. The number of nitrogens with one attached hydrogen (secondary N) is 1. The molecule has 30 heavy (non-hydrogen) atoms. The van der Waals surface area contributed by atoms with Crippen molar-refractivity contribution >= 4 is 33.3 Å². The summed E-state index contributed by atoms with van der Waals surface area (Å²) in [4.78, 5) is 12.9. The Morgan fingerprint density at radius 2 is 1.73 bits per heavy atom. The van der Waals surface area contributed by atoms with E-state index in [1.165, 1.54) is 16.4 Å². The number of sulfonamides is 1. The van der Waals surface area contributed by atoms with Crippen LogP contribution in [0, 0.1) is 0 Å². The van der Waals surface area contributed by atoms with E-state index in [2.05, 4.69) is 10.4 Å². The molecule has 162 valence electrons. The molecule has 1 aliphatic carbocycles. The minimum absolute atomic E-state index is 0.0111. The standard InChI is InChI=1S/C21H27ClN4O3S/c22-18-10-9-16(15-19(18)30(28,29)25-13-5-1-2-6-14-25)21(27)24-20-11-12-23-26(20)17-7-3-4-8-17/h9-12,15,17H,1-8,13-14H2,(H,24,27). The number of halogens is 1.